The number of hydrogen-bond donors (Lipinski definition) is 1. The van der Waals surface area contributed by atoms with Gasteiger partial charge in [-0.15, -0.1) is 0 Å². The van der Waals surface area contributed by atoms with Crippen LogP contribution in [0.1, 0.15) is 49.7 Å². The third-order valence-corrected chi connectivity index (χ3v) is 5.39. The van der Waals surface area contributed by atoms with Crippen LogP contribution >= 0.6 is 0 Å². The van der Waals surface area contributed by atoms with Crippen LogP contribution in [0.25, 0.3) is 0 Å². The summed E-state index contributed by atoms with van der Waals surface area (Å²) in [6.07, 6.45) is 3.98. The summed E-state index contributed by atoms with van der Waals surface area (Å²) in [5.74, 6) is -0.296. The van der Waals surface area contributed by atoms with Crippen LogP contribution in [0.15, 0.2) is 54.6 Å². The fourth-order valence-corrected chi connectivity index (χ4v) is 4.08. The zero-order valence-electron chi connectivity index (χ0n) is 15.0. The van der Waals surface area contributed by atoms with Gasteiger partial charge in [-0.25, -0.2) is 4.39 Å². The van der Waals surface area contributed by atoms with Gasteiger partial charge in [0.2, 0.25) is 0 Å². The van der Waals surface area contributed by atoms with Gasteiger partial charge in [0.05, 0.1) is 5.60 Å². The lowest BCUT2D eigenvalue weighted by Crippen LogP contribution is -2.40. The lowest BCUT2D eigenvalue weighted by molar-refractivity contribution is -0.0118. The van der Waals surface area contributed by atoms with Crippen molar-refractivity contribution in [2.24, 2.45) is 0 Å². The van der Waals surface area contributed by atoms with E-state index in [1.807, 2.05) is 18.2 Å². The largest absolute Gasteiger partial charge is 0.384 e. The molecule has 1 fully saturated rings. The van der Waals surface area contributed by atoms with Gasteiger partial charge in [0, 0.05) is 12.5 Å². The minimum Gasteiger partial charge on any atom is -0.384 e. The van der Waals surface area contributed by atoms with Crippen molar-refractivity contribution in [3.63, 3.8) is 0 Å². The predicted octanol–water partition coefficient (Wildman–Crippen LogP) is 4.69. The summed E-state index contributed by atoms with van der Waals surface area (Å²) in [6, 6.07) is 16.7. The number of hydrogen-bond acceptors (Lipinski definition) is 2. The molecule has 0 unspecified atom stereocenters. The highest BCUT2D eigenvalue weighted by Crippen LogP contribution is 2.41. The quantitative estimate of drug-likeness (QED) is 0.789. The number of nitrogens with zero attached hydrogens (tertiary/aromatic N) is 1. The molecule has 0 aliphatic carbocycles. The van der Waals surface area contributed by atoms with Crippen LogP contribution in [0, 0.1) is 5.82 Å². The first kappa shape index (κ1) is 18.1. The van der Waals surface area contributed by atoms with E-state index in [0.717, 1.165) is 37.2 Å². The summed E-state index contributed by atoms with van der Waals surface area (Å²) in [5, 5.41) is 11.8. The predicted molar refractivity (Wildman–Crippen MR) is 100 cm³/mol. The molecule has 1 aliphatic heterocycles. The van der Waals surface area contributed by atoms with Crippen molar-refractivity contribution >= 4 is 0 Å². The second-order valence-electron chi connectivity index (χ2n) is 7.15. The van der Waals surface area contributed by atoms with Gasteiger partial charge in [-0.2, -0.15) is 0 Å². The average Bonchev–Trinajstić information content (AvgIpc) is 3.14. The second kappa shape index (κ2) is 8.11. The maximum absolute atomic E-state index is 13.4. The van der Waals surface area contributed by atoms with Gasteiger partial charge in [0.15, 0.2) is 0 Å². The molecule has 134 valence electrons. The molecule has 0 aromatic heterocycles. The van der Waals surface area contributed by atoms with Crippen molar-refractivity contribution in [3.8, 4) is 0 Å². The minimum atomic E-state index is -0.994. The molecule has 0 saturated carbocycles. The first-order chi connectivity index (χ1) is 12.1. The number of benzene rings is 2. The maximum Gasteiger partial charge on any atom is 0.123 e. The molecule has 0 bridgehead atoms. The Hall–Kier alpha value is -1.71. The Balaban J connectivity index is 2.00. The van der Waals surface area contributed by atoms with Crippen molar-refractivity contribution in [3.05, 3.63) is 71.5 Å². The average molecular weight is 341 g/mol. The van der Waals surface area contributed by atoms with Gasteiger partial charge in [-0.05, 0) is 55.6 Å². The fourth-order valence-electron chi connectivity index (χ4n) is 4.08. The highest BCUT2D eigenvalue weighted by molar-refractivity contribution is 5.32. The van der Waals surface area contributed by atoms with E-state index in [9.17, 15) is 9.50 Å². The van der Waals surface area contributed by atoms with Gasteiger partial charge in [-0.1, -0.05) is 55.8 Å². The van der Waals surface area contributed by atoms with Gasteiger partial charge in [0.25, 0.3) is 0 Å². The third-order valence-electron chi connectivity index (χ3n) is 5.39. The monoisotopic (exact) mass is 341 g/mol. The molecule has 2 aromatic rings. The SMILES string of the molecule is CCC[C@@](O)(c1ccc(F)cc1)[C@H](CN1CCCC1)c1ccccc1. The highest BCUT2D eigenvalue weighted by atomic mass is 19.1. The summed E-state index contributed by atoms with van der Waals surface area (Å²) in [6.45, 7) is 5.11. The maximum atomic E-state index is 13.4. The number of aliphatic hydroxyl groups is 1. The van der Waals surface area contributed by atoms with E-state index in [2.05, 4.69) is 24.0 Å². The van der Waals surface area contributed by atoms with E-state index in [-0.39, 0.29) is 11.7 Å². The van der Waals surface area contributed by atoms with Crippen LogP contribution in [0.4, 0.5) is 4.39 Å². The lowest BCUT2D eigenvalue weighted by Gasteiger charge is -2.39. The van der Waals surface area contributed by atoms with E-state index in [4.69, 9.17) is 0 Å². The van der Waals surface area contributed by atoms with Gasteiger partial charge in [-0.3, -0.25) is 0 Å². The van der Waals surface area contributed by atoms with E-state index in [0.29, 0.717) is 6.42 Å². The Bertz CT molecular complexity index is 651. The van der Waals surface area contributed by atoms with Gasteiger partial charge in [0.1, 0.15) is 5.82 Å². The second-order valence-corrected chi connectivity index (χ2v) is 7.15. The summed E-state index contributed by atoms with van der Waals surface area (Å²) < 4.78 is 13.4. The first-order valence-corrected chi connectivity index (χ1v) is 9.39. The van der Waals surface area contributed by atoms with Crippen LogP contribution in [-0.2, 0) is 5.60 Å². The number of likely N-dealkylation sites (tertiary alicyclic amines) is 1. The Labute approximate surface area is 150 Å². The van der Waals surface area contributed by atoms with Gasteiger partial charge < -0.3 is 10.0 Å². The molecule has 0 radical (unpaired) electrons. The molecule has 3 rings (SSSR count). The molecule has 2 atom stereocenters. The minimum absolute atomic E-state index is 0.0304. The van der Waals surface area contributed by atoms with Crippen molar-refractivity contribution in [2.45, 2.75) is 44.1 Å². The summed E-state index contributed by atoms with van der Waals surface area (Å²) in [7, 11) is 0. The van der Waals surface area contributed by atoms with Crippen LogP contribution in [0.5, 0.6) is 0 Å². The van der Waals surface area contributed by atoms with E-state index < -0.39 is 5.60 Å². The molecule has 2 nitrogen and oxygen atoms in total. The topological polar surface area (TPSA) is 23.5 Å². The number of halogens is 1. The Kier molecular flexibility index (Phi) is 5.87. The summed E-state index contributed by atoms with van der Waals surface area (Å²) >= 11 is 0. The smallest absolute Gasteiger partial charge is 0.123 e. The summed E-state index contributed by atoms with van der Waals surface area (Å²) in [4.78, 5) is 2.45. The fraction of sp³-hybridized carbons (Fsp3) is 0.455. The van der Waals surface area contributed by atoms with Crippen molar-refractivity contribution in [1.29, 1.82) is 0 Å². The molecular weight excluding hydrogens is 313 g/mol. The standard InChI is InChI=1S/C22H28FNO/c1-2-14-22(25,19-10-12-20(23)13-11-19)21(17-24-15-6-7-16-24)18-8-4-3-5-9-18/h3-5,8-13,21,25H,2,6-7,14-17H2,1H3/t21-,22-/m1/s1. The zero-order valence-corrected chi connectivity index (χ0v) is 15.0. The van der Waals surface area contributed by atoms with E-state index in [1.54, 1.807) is 12.1 Å². The molecule has 1 N–H and O–H groups in total. The highest BCUT2D eigenvalue weighted by Gasteiger charge is 2.39. The van der Waals surface area contributed by atoms with Crippen molar-refractivity contribution in [2.75, 3.05) is 19.6 Å². The Morgan fingerprint density at radius 1 is 1.04 bits per heavy atom. The normalized spacial score (nSPS) is 18.8. The van der Waals surface area contributed by atoms with Crippen LogP contribution < -0.4 is 0 Å². The molecule has 2 aromatic carbocycles. The van der Waals surface area contributed by atoms with Crippen molar-refractivity contribution in [1.82, 2.24) is 4.90 Å². The number of rotatable bonds is 7. The first-order valence-electron chi connectivity index (χ1n) is 9.39. The molecule has 1 aliphatic rings. The van der Waals surface area contributed by atoms with Crippen molar-refractivity contribution < 1.29 is 9.50 Å². The van der Waals surface area contributed by atoms with Crippen LogP contribution in [0.2, 0.25) is 0 Å². The Morgan fingerprint density at radius 3 is 2.28 bits per heavy atom. The zero-order chi connectivity index (χ0) is 17.7. The van der Waals surface area contributed by atoms with Gasteiger partial charge >= 0.3 is 0 Å². The molecule has 1 saturated heterocycles. The molecule has 25 heavy (non-hydrogen) atoms. The molecule has 1 heterocycles. The summed E-state index contributed by atoms with van der Waals surface area (Å²) in [5.41, 5.74) is 0.963. The third kappa shape index (κ3) is 4.10. The Morgan fingerprint density at radius 2 is 1.68 bits per heavy atom. The lowest BCUT2D eigenvalue weighted by atomic mass is 9.74. The van der Waals surface area contributed by atoms with E-state index >= 15 is 0 Å². The van der Waals surface area contributed by atoms with Crippen LogP contribution in [-0.4, -0.2) is 29.6 Å². The molecular formula is C22H28FNO. The van der Waals surface area contributed by atoms with Crippen LogP contribution in [0.3, 0.4) is 0 Å². The molecule has 3 heteroatoms. The molecule has 0 spiro atoms. The molecule has 0 amide bonds. The van der Waals surface area contributed by atoms with E-state index in [1.165, 1.54) is 25.0 Å².